The molecule has 1 amide bonds. The van der Waals surface area contributed by atoms with Crippen LogP contribution in [0.5, 0.6) is 5.75 Å². The Morgan fingerprint density at radius 1 is 1.36 bits per heavy atom. The molecule has 2 aromatic carbocycles. The fourth-order valence-electron chi connectivity index (χ4n) is 3.55. The summed E-state index contributed by atoms with van der Waals surface area (Å²) in [5.74, 6) is 1.39. The number of aromatic nitrogens is 3. The first-order valence-electron chi connectivity index (χ1n) is 8.88. The van der Waals surface area contributed by atoms with Crippen molar-refractivity contribution in [2.45, 2.75) is 19.5 Å². The highest BCUT2D eigenvalue weighted by atomic mass is 35.5. The maximum absolute atomic E-state index is 13.6. The third kappa shape index (κ3) is 3.01. The van der Waals surface area contributed by atoms with Crippen LogP contribution in [-0.2, 0) is 6.54 Å². The summed E-state index contributed by atoms with van der Waals surface area (Å²) < 4.78 is 20.8. The molecule has 0 fully saturated rings. The quantitative estimate of drug-likeness (QED) is 0.684. The third-order valence-electron chi connectivity index (χ3n) is 5.01. The molecule has 0 bridgehead atoms. The number of fused-ring (bicyclic) bond motifs is 1. The Bertz CT molecular complexity index is 1050. The molecule has 2 heterocycles. The molecule has 8 heteroatoms. The first kappa shape index (κ1) is 18.4. The number of hydrogen-bond donors (Lipinski definition) is 1. The highest BCUT2D eigenvalue weighted by Crippen LogP contribution is 2.31. The van der Waals surface area contributed by atoms with E-state index < -0.39 is 0 Å². The zero-order chi connectivity index (χ0) is 19.8. The lowest BCUT2D eigenvalue weighted by Crippen LogP contribution is -2.53. The molecule has 28 heavy (non-hydrogen) atoms. The lowest BCUT2D eigenvalue weighted by Gasteiger charge is -2.31. The number of aromatic amines is 1. The van der Waals surface area contributed by atoms with E-state index in [1.807, 2.05) is 17.6 Å². The zero-order valence-electron chi connectivity index (χ0n) is 15.4. The summed E-state index contributed by atoms with van der Waals surface area (Å²) in [7, 11) is 1.51. The standard InChI is InChI=1S/C20H18ClFN4O2/c1-12-18-23-24-19(13-5-3-6-14(22)11-13)26(18)10-9-25(12)20(27)15-7-4-8-16(28-2)17(15)21/h3-8,11-12H,9-10H2,1-2H3/p+1/t12-/m0/s1. The zero-order valence-corrected chi connectivity index (χ0v) is 16.2. The number of amides is 1. The fourth-order valence-corrected chi connectivity index (χ4v) is 3.84. The first-order valence-corrected chi connectivity index (χ1v) is 9.26. The van der Waals surface area contributed by atoms with Gasteiger partial charge in [0.1, 0.15) is 17.6 Å². The van der Waals surface area contributed by atoms with Crippen molar-refractivity contribution >= 4 is 17.5 Å². The highest BCUT2D eigenvalue weighted by molar-refractivity contribution is 6.35. The van der Waals surface area contributed by atoms with E-state index in [4.69, 9.17) is 16.3 Å². The van der Waals surface area contributed by atoms with Crippen LogP contribution < -0.4 is 9.30 Å². The van der Waals surface area contributed by atoms with Crippen molar-refractivity contribution in [3.8, 4) is 17.1 Å². The van der Waals surface area contributed by atoms with Gasteiger partial charge in [0, 0.05) is 5.10 Å². The average molecular weight is 402 g/mol. The van der Waals surface area contributed by atoms with E-state index in [1.165, 1.54) is 19.2 Å². The minimum Gasteiger partial charge on any atom is -0.495 e. The smallest absolute Gasteiger partial charge is 0.309 e. The maximum atomic E-state index is 13.6. The predicted octanol–water partition coefficient (Wildman–Crippen LogP) is 3.38. The Balaban J connectivity index is 1.66. The molecule has 0 saturated carbocycles. The molecule has 144 valence electrons. The van der Waals surface area contributed by atoms with E-state index in [0.717, 1.165) is 5.82 Å². The minimum absolute atomic E-state index is 0.176. The van der Waals surface area contributed by atoms with Gasteiger partial charge in [0.05, 0.1) is 36.3 Å². The Morgan fingerprint density at radius 2 is 2.14 bits per heavy atom. The molecule has 1 aliphatic rings. The van der Waals surface area contributed by atoms with Crippen molar-refractivity contribution in [3.05, 3.63) is 64.7 Å². The number of rotatable bonds is 3. The molecule has 3 aromatic rings. The fraction of sp³-hybridized carbons (Fsp3) is 0.250. The van der Waals surface area contributed by atoms with E-state index in [2.05, 4.69) is 10.2 Å². The van der Waals surface area contributed by atoms with Gasteiger partial charge in [-0.05, 0) is 37.3 Å². The van der Waals surface area contributed by atoms with Crippen LogP contribution in [0.3, 0.4) is 0 Å². The van der Waals surface area contributed by atoms with Crippen LogP contribution in [0.2, 0.25) is 5.02 Å². The molecule has 0 unspecified atom stereocenters. The summed E-state index contributed by atoms with van der Waals surface area (Å²) in [5, 5.41) is 7.66. The minimum atomic E-state index is -0.317. The lowest BCUT2D eigenvalue weighted by molar-refractivity contribution is -0.702. The largest absolute Gasteiger partial charge is 0.495 e. The number of carbonyl (C=O) groups is 1. The number of H-pyrrole nitrogens is 1. The van der Waals surface area contributed by atoms with E-state index in [9.17, 15) is 9.18 Å². The molecular formula is C20H19ClFN4O2+. The third-order valence-corrected chi connectivity index (χ3v) is 5.40. The molecule has 4 rings (SSSR count). The Morgan fingerprint density at radius 3 is 2.89 bits per heavy atom. The number of carbonyl (C=O) groups excluding carboxylic acids is 1. The van der Waals surface area contributed by atoms with E-state index in [-0.39, 0.29) is 17.8 Å². The van der Waals surface area contributed by atoms with Crippen LogP contribution in [0, 0.1) is 5.82 Å². The second-order valence-electron chi connectivity index (χ2n) is 6.59. The number of halogens is 2. The van der Waals surface area contributed by atoms with Gasteiger partial charge >= 0.3 is 5.82 Å². The van der Waals surface area contributed by atoms with Crippen molar-refractivity contribution in [1.82, 2.24) is 15.1 Å². The van der Waals surface area contributed by atoms with Crippen molar-refractivity contribution in [3.63, 3.8) is 0 Å². The van der Waals surface area contributed by atoms with Crippen LogP contribution in [0.15, 0.2) is 42.5 Å². The van der Waals surface area contributed by atoms with Crippen molar-refractivity contribution < 1.29 is 18.5 Å². The second-order valence-corrected chi connectivity index (χ2v) is 6.97. The number of benzene rings is 2. The number of hydrogen-bond acceptors (Lipinski definition) is 3. The van der Waals surface area contributed by atoms with Gasteiger partial charge in [0.25, 0.3) is 11.7 Å². The van der Waals surface area contributed by atoms with Gasteiger partial charge in [0.2, 0.25) is 0 Å². The molecule has 1 aliphatic heterocycles. The molecule has 1 atom stereocenters. The summed E-state index contributed by atoms with van der Waals surface area (Å²) in [4.78, 5) is 14.9. The predicted molar refractivity (Wildman–Crippen MR) is 102 cm³/mol. The molecular weight excluding hydrogens is 383 g/mol. The van der Waals surface area contributed by atoms with Crippen molar-refractivity contribution in [1.29, 1.82) is 0 Å². The number of nitrogens with one attached hydrogen (secondary N) is 1. The number of ether oxygens (including phenoxy) is 1. The van der Waals surface area contributed by atoms with Crippen LogP contribution in [-0.4, -0.2) is 34.7 Å². The molecule has 0 spiro atoms. The Kier molecular flexibility index (Phi) is 4.77. The van der Waals surface area contributed by atoms with Crippen molar-refractivity contribution in [2.24, 2.45) is 0 Å². The van der Waals surface area contributed by atoms with Crippen LogP contribution in [0.1, 0.15) is 29.1 Å². The van der Waals surface area contributed by atoms with E-state index in [1.54, 1.807) is 29.2 Å². The van der Waals surface area contributed by atoms with E-state index in [0.29, 0.717) is 40.8 Å². The van der Waals surface area contributed by atoms with Crippen LogP contribution in [0.25, 0.3) is 11.4 Å². The summed E-state index contributed by atoms with van der Waals surface area (Å²) >= 11 is 6.34. The summed E-state index contributed by atoms with van der Waals surface area (Å²) in [6.45, 7) is 2.94. The van der Waals surface area contributed by atoms with Crippen LogP contribution >= 0.6 is 11.6 Å². The van der Waals surface area contributed by atoms with Gasteiger partial charge in [-0.15, -0.1) is 5.10 Å². The monoisotopic (exact) mass is 401 g/mol. The highest BCUT2D eigenvalue weighted by Gasteiger charge is 2.37. The van der Waals surface area contributed by atoms with Gasteiger partial charge in [-0.1, -0.05) is 23.7 Å². The molecule has 0 radical (unpaired) electrons. The summed E-state index contributed by atoms with van der Waals surface area (Å²) in [6.07, 6.45) is 0. The van der Waals surface area contributed by atoms with Gasteiger partial charge in [0.15, 0.2) is 0 Å². The Labute approximate surface area is 166 Å². The average Bonchev–Trinajstić information content (AvgIpc) is 3.13. The second kappa shape index (κ2) is 7.24. The molecule has 1 N–H and O–H groups in total. The molecule has 1 aromatic heterocycles. The topological polar surface area (TPSA) is 62.1 Å². The Hall–Kier alpha value is -2.93. The molecule has 6 nitrogen and oxygen atoms in total. The molecule has 0 aliphatic carbocycles. The summed E-state index contributed by atoms with van der Waals surface area (Å²) in [5.41, 5.74) is 1.08. The van der Waals surface area contributed by atoms with Gasteiger partial charge < -0.3 is 9.64 Å². The summed E-state index contributed by atoms with van der Waals surface area (Å²) in [6, 6.07) is 11.2. The van der Waals surface area contributed by atoms with Gasteiger partial charge in [-0.2, -0.15) is 0 Å². The maximum Gasteiger partial charge on any atom is 0.309 e. The SMILES string of the molecule is COc1cccc(C(=O)N2CC[n+]3c(-c4cccc(F)c4)n[nH]c3[C@@H]2C)c1Cl. The lowest BCUT2D eigenvalue weighted by atomic mass is 10.1. The normalized spacial score (nSPS) is 16.0. The number of methoxy groups -OCH3 is 1. The van der Waals surface area contributed by atoms with E-state index >= 15 is 0 Å². The first-order chi connectivity index (χ1) is 13.5. The van der Waals surface area contributed by atoms with Crippen LogP contribution in [0.4, 0.5) is 4.39 Å². The van der Waals surface area contributed by atoms with Crippen molar-refractivity contribution in [2.75, 3.05) is 13.7 Å². The van der Waals surface area contributed by atoms with Gasteiger partial charge in [-0.3, -0.25) is 4.79 Å². The molecule has 0 saturated heterocycles. The van der Waals surface area contributed by atoms with Gasteiger partial charge in [-0.25, -0.2) is 8.96 Å². The number of nitrogens with zero attached hydrogens (tertiary/aromatic N) is 3.